The van der Waals surface area contributed by atoms with E-state index in [0.717, 1.165) is 23.1 Å². The van der Waals surface area contributed by atoms with Crippen LogP contribution in [0.5, 0.6) is 0 Å². The highest BCUT2D eigenvalue weighted by Crippen LogP contribution is 2.21. The van der Waals surface area contributed by atoms with Gasteiger partial charge in [-0.15, -0.1) is 5.10 Å². The normalized spacial score (nSPS) is 11.2. The van der Waals surface area contributed by atoms with Crippen molar-refractivity contribution in [3.8, 4) is 5.69 Å². The Kier molecular flexibility index (Phi) is 4.95. The average Bonchev–Trinajstić information content (AvgIpc) is 3.07. The van der Waals surface area contributed by atoms with Gasteiger partial charge in [-0.25, -0.2) is 13.1 Å². The van der Waals surface area contributed by atoms with Gasteiger partial charge in [0.15, 0.2) is 5.69 Å². The van der Waals surface area contributed by atoms with Crippen molar-refractivity contribution >= 4 is 27.3 Å². The molecule has 140 valence electrons. The topological polar surface area (TPSA) is 106 Å². The summed E-state index contributed by atoms with van der Waals surface area (Å²) in [6.45, 7) is 3.75. The third-order valence-electron chi connectivity index (χ3n) is 3.82. The fraction of sp³-hybridized carbons (Fsp3) is 0.167. The van der Waals surface area contributed by atoms with Crippen molar-refractivity contribution in [3.05, 3.63) is 65.5 Å². The Morgan fingerprint density at radius 3 is 2.44 bits per heavy atom. The van der Waals surface area contributed by atoms with E-state index < -0.39 is 15.9 Å². The number of carbonyl (C=O) groups excluding carboxylic acids is 1. The van der Waals surface area contributed by atoms with Crippen molar-refractivity contribution < 1.29 is 13.2 Å². The molecule has 0 saturated carbocycles. The van der Waals surface area contributed by atoms with Gasteiger partial charge in [-0.3, -0.25) is 9.52 Å². The van der Waals surface area contributed by atoms with Crippen molar-refractivity contribution in [2.75, 3.05) is 16.3 Å². The molecule has 2 N–H and O–H groups in total. The molecule has 0 aliphatic carbocycles. The van der Waals surface area contributed by atoms with E-state index in [2.05, 4.69) is 20.4 Å². The second-order valence-corrected chi connectivity index (χ2v) is 7.99. The number of rotatable bonds is 5. The van der Waals surface area contributed by atoms with Crippen molar-refractivity contribution in [2.24, 2.45) is 0 Å². The van der Waals surface area contributed by atoms with E-state index in [-0.39, 0.29) is 5.69 Å². The number of nitrogens with zero attached hydrogens (tertiary/aromatic N) is 3. The smallest absolute Gasteiger partial charge is 0.277 e. The predicted octanol–water partition coefficient (Wildman–Crippen LogP) is 2.51. The largest absolute Gasteiger partial charge is 0.320 e. The lowest BCUT2D eigenvalue weighted by molar-refractivity contribution is 0.102. The molecule has 1 amide bonds. The highest BCUT2D eigenvalue weighted by molar-refractivity contribution is 7.92. The Balaban J connectivity index is 1.78. The number of aromatic nitrogens is 3. The van der Waals surface area contributed by atoms with Gasteiger partial charge in [-0.05, 0) is 43.7 Å². The summed E-state index contributed by atoms with van der Waals surface area (Å²) in [6.07, 6.45) is 2.60. The second-order valence-electron chi connectivity index (χ2n) is 6.24. The first-order chi connectivity index (χ1) is 12.7. The van der Waals surface area contributed by atoms with Gasteiger partial charge < -0.3 is 5.32 Å². The van der Waals surface area contributed by atoms with E-state index >= 15 is 0 Å². The van der Waals surface area contributed by atoms with Crippen LogP contribution in [0.1, 0.15) is 21.6 Å². The number of hydrogen-bond acceptors (Lipinski definition) is 5. The van der Waals surface area contributed by atoms with Crippen LogP contribution in [0.2, 0.25) is 0 Å². The first kappa shape index (κ1) is 18.6. The van der Waals surface area contributed by atoms with E-state index in [1.165, 1.54) is 10.9 Å². The predicted molar refractivity (Wildman–Crippen MR) is 104 cm³/mol. The Hall–Kier alpha value is -3.20. The Labute approximate surface area is 157 Å². The maximum Gasteiger partial charge on any atom is 0.277 e. The number of benzene rings is 2. The van der Waals surface area contributed by atoms with Crippen LogP contribution in [0.4, 0.5) is 11.4 Å². The number of nitrogens with one attached hydrogen (secondary N) is 2. The highest BCUT2D eigenvalue weighted by atomic mass is 32.2. The summed E-state index contributed by atoms with van der Waals surface area (Å²) < 4.78 is 26.8. The number of anilines is 2. The second kappa shape index (κ2) is 7.20. The molecule has 0 spiro atoms. The van der Waals surface area contributed by atoms with Crippen molar-refractivity contribution in [1.82, 2.24) is 15.0 Å². The van der Waals surface area contributed by atoms with Crippen LogP contribution in [0.25, 0.3) is 5.69 Å². The van der Waals surface area contributed by atoms with E-state index in [4.69, 9.17) is 0 Å². The molecule has 9 heteroatoms. The van der Waals surface area contributed by atoms with E-state index in [1.54, 1.807) is 25.1 Å². The average molecular weight is 385 g/mol. The molecule has 2 aromatic carbocycles. The molecular weight excluding hydrogens is 366 g/mol. The number of aryl methyl sites for hydroxylation is 2. The number of hydrogen-bond donors (Lipinski definition) is 2. The number of amides is 1. The zero-order valence-electron chi connectivity index (χ0n) is 15.1. The molecule has 0 bridgehead atoms. The summed E-state index contributed by atoms with van der Waals surface area (Å²) in [4.78, 5) is 12.4. The van der Waals surface area contributed by atoms with Crippen LogP contribution in [-0.4, -0.2) is 35.6 Å². The molecule has 0 radical (unpaired) electrons. The molecule has 0 saturated heterocycles. The zero-order chi connectivity index (χ0) is 19.6. The Morgan fingerprint density at radius 2 is 1.78 bits per heavy atom. The minimum absolute atomic E-state index is 0.147. The summed E-state index contributed by atoms with van der Waals surface area (Å²) in [5.41, 5.74) is 3.65. The fourth-order valence-electron chi connectivity index (χ4n) is 2.40. The summed E-state index contributed by atoms with van der Waals surface area (Å²) in [5.74, 6) is -0.442. The molecule has 0 aliphatic rings. The summed E-state index contributed by atoms with van der Waals surface area (Å²) in [7, 11) is -3.42. The lowest BCUT2D eigenvalue weighted by Crippen LogP contribution is -2.14. The zero-order valence-corrected chi connectivity index (χ0v) is 15.9. The monoisotopic (exact) mass is 385 g/mol. The van der Waals surface area contributed by atoms with Crippen LogP contribution >= 0.6 is 0 Å². The lowest BCUT2D eigenvalue weighted by atomic mass is 10.2. The molecule has 27 heavy (non-hydrogen) atoms. The van der Waals surface area contributed by atoms with Gasteiger partial charge in [0.2, 0.25) is 10.0 Å². The van der Waals surface area contributed by atoms with Gasteiger partial charge >= 0.3 is 0 Å². The van der Waals surface area contributed by atoms with Gasteiger partial charge in [-0.1, -0.05) is 29.0 Å². The van der Waals surface area contributed by atoms with Crippen LogP contribution in [0, 0.1) is 13.8 Å². The molecule has 0 aliphatic heterocycles. The maximum atomic E-state index is 12.4. The number of sulfonamides is 1. The summed E-state index contributed by atoms with van der Waals surface area (Å²) in [6, 6.07) is 12.6. The highest BCUT2D eigenvalue weighted by Gasteiger charge is 2.13. The Morgan fingerprint density at radius 1 is 1.07 bits per heavy atom. The minimum Gasteiger partial charge on any atom is -0.320 e. The van der Waals surface area contributed by atoms with Gasteiger partial charge in [-0.2, -0.15) is 0 Å². The molecule has 0 fully saturated rings. The van der Waals surface area contributed by atoms with Crippen LogP contribution < -0.4 is 10.0 Å². The van der Waals surface area contributed by atoms with Crippen LogP contribution in [-0.2, 0) is 10.0 Å². The molecule has 1 heterocycles. The van der Waals surface area contributed by atoms with E-state index in [1.807, 2.05) is 31.2 Å². The Bertz CT molecular complexity index is 1090. The van der Waals surface area contributed by atoms with Gasteiger partial charge in [0.1, 0.15) is 0 Å². The third kappa shape index (κ3) is 4.70. The molecular formula is C18H19N5O3S. The molecule has 0 unspecified atom stereocenters. The van der Waals surface area contributed by atoms with E-state index in [0.29, 0.717) is 11.4 Å². The quantitative estimate of drug-likeness (QED) is 0.702. The van der Waals surface area contributed by atoms with Crippen LogP contribution in [0.15, 0.2) is 48.7 Å². The van der Waals surface area contributed by atoms with Crippen molar-refractivity contribution in [1.29, 1.82) is 0 Å². The standard InChI is InChI=1S/C18H19N5O3S/c1-12-4-8-15(9-5-12)23-11-17(20-22-23)18(24)19-14-7-6-13(2)16(10-14)21-27(3,25)26/h4-11,21H,1-3H3,(H,19,24). The van der Waals surface area contributed by atoms with E-state index in [9.17, 15) is 13.2 Å². The van der Waals surface area contributed by atoms with Gasteiger partial charge in [0, 0.05) is 5.69 Å². The number of carbonyl (C=O) groups is 1. The van der Waals surface area contributed by atoms with Gasteiger partial charge in [0.25, 0.3) is 5.91 Å². The SMILES string of the molecule is Cc1ccc(-n2cc(C(=O)Nc3ccc(C)c(NS(C)(=O)=O)c3)nn2)cc1. The molecule has 0 atom stereocenters. The van der Waals surface area contributed by atoms with Crippen molar-refractivity contribution in [2.45, 2.75) is 13.8 Å². The first-order valence-electron chi connectivity index (χ1n) is 8.10. The molecule has 8 nitrogen and oxygen atoms in total. The molecule has 3 aromatic rings. The van der Waals surface area contributed by atoms with Crippen molar-refractivity contribution in [3.63, 3.8) is 0 Å². The maximum absolute atomic E-state index is 12.4. The summed E-state index contributed by atoms with van der Waals surface area (Å²) >= 11 is 0. The lowest BCUT2D eigenvalue weighted by Gasteiger charge is -2.10. The van der Waals surface area contributed by atoms with Gasteiger partial charge in [0.05, 0.1) is 23.8 Å². The first-order valence-corrected chi connectivity index (χ1v) is 9.99. The molecule has 3 rings (SSSR count). The third-order valence-corrected chi connectivity index (χ3v) is 4.41. The fourth-order valence-corrected chi connectivity index (χ4v) is 3.02. The molecule has 1 aromatic heterocycles. The van der Waals surface area contributed by atoms with Crippen LogP contribution in [0.3, 0.4) is 0 Å². The summed E-state index contributed by atoms with van der Waals surface area (Å²) in [5, 5.41) is 10.6. The minimum atomic E-state index is -3.42.